The Labute approximate surface area is 87.7 Å². The second-order valence-corrected chi connectivity index (χ2v) is 2.99. The number of para-hydroxylation sites is 1. The van der Waals surface area contributed by atoms with Crippen molar-refractivity contribution in [3.8, 4) is 11.5 Å². The molecule has 0 unspecified atom stereocenters. The van der Waals surface area contributed by atoms with Gasteiger partial charge in [-0.05, 0) is 12.1 Å². The maximum atomic E-state index is 12.7. The van der Waals surface area contributed by atoms with Gasteiger partial charge in [0.25, 0.3) is 11.7 Å². The number of hydrogen-bond acceptors (Lipinski definition) is 4. The monoisotopic (exact) mass is 229 g/mol. The van der Waals surface area contributed by atoms with Gasteiger partial charge >= 0.3 is 6.29 Å². The molecule has 1 aromatic rings. The van der Waals surface area contributed by atoms with E-state index in [4.69, 9.17) is 5.73 Å². The van der Waals surface area contributed by atoms with E-state index in [1.807, 2.05) is 0 Å². The van der Waals surface area contributed by atoms with E-state index in [0.29, 0.717) is 0 Å². The smallest absolute Gasteiger partial charge is 0.395 e. The van der Waals surface area contributed by atoms with E-state index in [2.05, 4.69) is 9.47 Å². The van der Waals surface area contributed by atoms with E-state index in [1.165, 1.54) is 12.1 Å². The van der Waals surface area contributed by atoms with Gasteiger partial charge in [0.1, 0.15) is 0 Å². The summed E-state index contributed by atoms with van der Waals surface area (Å²) in [5, 5.41) is 0. The standard InChI is InChI=1S/C9H5F2NO4/c10-9(11)15-5-3-1-2-4(7(5)16-9)6(13)8(12)14/h1-3H,(H2,12,14). The Balaban J connectivity index is 2.49. The summed E-state index contributed by atoms with van der Waals surface area (Å²) in [6.45, 7) is 0. The lowest BCUT2D eigenvalue weighted by molar-refractivity contribution is -0.286. The van der Waals surface area contributed by atoms with Gasteiger partial charge in [-0.2, -0.15) is 0 Å². The molecule has 1 amide bonds. The first-order valence-corrected chi connectivity index (χ1v) is 4.14. The van der Waals surface area contributed by atoms with Crippen LogP contribution >= 0.6 is 0 Å². The fraction of sp³-hybridized carbons (Fsp3) is 0.111. The number of carbonyl (C=O) groups excluding carboxylic acids is 2. The normalized spacial score (nSPS) is 15.9. The molecule has 0 saturated heterocycles. The predicted octanol–water partition coefficient (Wildman–Crippen LogP) is 0.676. The van der Waals surface area contributed by atoms with Crippen molar-refractivity contribution in [3.05, 3.63) is 23.8 Å². The van der Waals surface area contributed by atoms with Gasteiger partial charge in [-0.1, -0.05) is 6.07 Å². The molecule has 0 bridgehead atoms. The zero-order valence-corrected chi connectivity index (χ0v) is 7.70. The fourth-order valence-corrected chi connectivity index (χ4v) is 1.28. The molecule has 5 nitrogen and oxygen atoms in total. The average Bonchev–Trinajstić information content (AvgIpc) is 2.49. The third kappa shape index (κ3) is 1.56. The summed E-state index contributed by atoms with van der Waals surface area (Å²) in [7, 11) is 0. The molecule has 1 heterocycles. The number of ether oxygens (including phenoxy) is 2. The molecule has 7 heteroatoms. The fourth-order valence-electron chi connectivity index (χ4n) is 1.28. The molecule has 0 radical (unpaired) electrons. The Kier molecular flexibility index (Phi) is 2.04. The summed E-state index contributed by atoms with van der Waals surface area (Å²) in [6.07, 6.45) is -3.84. The molecule has 16 heavy (non-hydrogen) atoms. The van der Waals surface area contributed by atoms with E-state index in [-0.39, 0.29) is 11.3 Å². The highest BCUT2D eigenvalue weighted by Crippen LogP contribution is 2.43. The van der Waals surface area contributed by atoms with Crippen molar-refractivity contribution >= 4 is 11.7 Å². The van der Waals surface area contributed by atoms with Crippen LogP contribution in [0.5, 0.6) is 11.5 Å². The third-order valence-electron chi connectivity index (χ3n) is 1.90. The van der Waals surface area contributed by atoms with Crippen LogP contribution in [0.1, 0.15) is 10.4 Å². The van der Waals surface area contributed by atoms with Crippen LogP contribution in [0.25, 0.3) is 0 Å². The number of rotatable bonds is 2. The van der Waals surface area contributed by atoms with E-state index >= 15 is 0 Å². The van der Waals surface area contributed by atoms with Crippen LogP contribution in [0, 0.1) is 0 Å². The molecule has 1 aliphatic rings. The zero-order chi connectivity index (χ0) is 11.9. The lowest BCUT2D eigenvalue weighted by atomic mass is 10.1. The van der Waals surface area contributed by atoms with Gasteiger partial charge in [0.15, 0.2) is 11.5 Å². The summed E-state index contributed by atoms with van der Waals surface area (Å²) in [5.74, 6) is -3.15. The number of hydrogen-bond donors (Lipinski definition) is 1. The van der Waals surface area contributed by atoms with Gasteiger partial charge in [0, 0.05) is 0 Å². The number of Topliss-reactive ketones (excluding diaryl/α,β-unsaturated/α-hetero) is 1. The highest BCUT2D eigenvalue weighted by Gasteiger charge is 2.45. The highest BCUT2D eigenvalue weighted by molar-refractivity contribution is 6.43. The lowest BCUT2D eigenvalue weighted by Gasteiger charge is -2.05. The van der Waals surface area contributed by atoms with Gasteiger partial charge in [-0.25, -0.2) is 0 Å². The Morgan fingerprint density at radius 3 is 2.56 bits per heavy atom. The number of benzene rings is 1. The van der Waals surface area contributed by atoms with Crippen LogP contribution in [0.3, 0.4) is 0 Å². The second-order valence-electron chi connectivity index (χ2n) is 2.99. The quantitative estimate of drug-likeness (QED) is 0.597. The number of halogens is 2. The minimum Gasteiger partial charge on any atom is -0.395 e. The molecular formula is C9H5F2NO4. The van der Waals surface area contributed by atoms with Crippen molar-refractivity contribution < 1.29 is 27.8 Å². The molecule has 0 saturated carbocycles. The molecule has 0 fully saturated rings. The van der Waals surface area contributed by atoms with Crippen molar-refractivity contribution in [3.63, 3.8) is 0 Å². The summed E-state index contributed by atoms with van der Waals surface area (Å²) >= 11 is 0. The van der Waals surface area contributed by atoms with E-state index < -0.39 is 23.7 Å². The Morgan fingerprint density at radius 1 is 1.25 bits per heavy atom. The number of amides is 1. The molecule has 84 valence electrons. The van der Waals surface area contributed by atoms with Crippen molar-refractivity contribution in [2.75, 3.05) is 0 Å². The molecule has 0 atom stereocenters. The van der Waals surface area contributed by atoms with Crippen LogP contribution in [0.15, 0.2) is 18.2 Å². The maximum Gasteiger partial charge on any atom is 0.586 e. The first-order valence-electron chi connectivity index (χ1n) is 4.14. The van der Waals surface area contributed by atoms with Crippen LogP contribution in [0.2, 0.25) is 0 Å². The zero-order valence-electron chi connectivity index (χ0n) is 7.70. The Hall–Kier alpha value is -2.18. The Bertz CT molecular complexity index is 486. The predicted molar refractivity (Wildman–Crippen MR) is 46.2 cm³/mol. The average molecular weight is 229 g/mol. The van der Waals surface area contributed by atoms with Crippen LogP contribution in [-0.2, 0) is 4.79 Å². The molecule has 1 aromatic carbocycles. The van der Waals surface area contributed by atoms with E-state index in [0.717, 1.165) is 6.07 Å². The van der Waals surface area contributed by atoms with Crippen molar-refractivity contribution in [2.45, 2.75) is 6.29 Å². The molecule has 0 spiro atoms. The summed E-state index contributed by atoms with van der Waals surface area (Å²) in [6, 6.07) is 3.62. The summed E-state index contributed by atoms with van der Waals surface area (Å²) < 4.78 is 33.6. The minimum absolute atomic E-state index is 0.308. The third-order valence-corrected chi connectivity index (χ3v) is 1.90. The molecule has 0 aromatic heterocycles. The largest absolute Gasteiger partial charge is 0.586 e. The minimum atomic E-state index is -3.84. The van der Waals surface area contributed by atoms with Crippen LogP contribution in [0.4, 0.5) is 8.78 Å². The second kappa shape index (κ2) is 3.16. The molecule has 2 rings (SSSR count). The van der Waals surface area contributed by atoms with Crippen LogP contribution in [-0.4, -0.2) is 18.0 Å². The number of nitrogens with two attached hydrogens (primary N) is 1. The first-order chi connectivity index (χ1) is 7.41. The number of fused-ring (bicyclic) bond motifs is 1. The maximum absolute atomic E-state index is 12.7. The molecule has 2 N–H and O–H groups in total. The topological polar surface area (TPSA) is 78.6 Å². The first kappa shape index (κ1) is 10.3. The Morgan fingerprint density at radius 2 is 1.94 bits per heavy atom. The number of primary amides is 1. The van der Waals surface area contributed by atoms with Gasteiger partial charge < -0.3 is 15.2 Å². The molecular weight excluding hydrogens is 224 g/mol. The van der Waals surface area contributed by atoms with Crippen molar-refractivity contribution in [1.82, 2.24) is 0 Å². The number of carbonyl (C=O) groups is 2. The van der Waals surface area contributed by atoms with Gasteiger partial charge in [-0.3, -0.25) is 9.59 Å². The van der Waals surface area contributed by atoms with Gasteiger partial charge in [0.05, 0.1) is 5.56 Å². The number of alkyl halides is 2. The molecule has 0 aliphatic carbocycles. The highest BCUT2D eigenvalue weighted by atomic mass is 19.3. The number of ketones is 1. The van der Waals surface area contributed by atoms with Gasteiger partial charge in [0.2, 0.25) is 0 Å². The van der Waals surface area contributed by atoms with Crippen molar-refractivity contribution in [2.24, 2.45) is 5.73 Å². The summed E-state index contributed by atoms with van der Waals surface area (Å²) in [4.78, 5) is 21.9. The SMILES string of the molecule is NC(=O)C(=O)c1cccc2c1OC(F)(F)O2. The van der Waals surface area contributed by atoms with Gasteiger partial charge in [-0.15, -0.1) is 8.78 Å². The van der Waals surface area contributed by atoms with E-state index in [1.54, 1.807) is 0 Å². The summed E-state index contributed by atoms with van der Waals surface area (Å²) in [5.41, 5.74) is 4.41. The van der Waals surface area contributed by atoms with Crippen LogP contribution < -0.4 is 15.2 Å². The molecule has 1 aliphatic heterocycles. The van der Waals surface area contributed by atoms with E-state index in [9.17, 15) is 18.4 Å². The van der Waals surface area contributed by atoms with Crippen molar-refractivity contribution in [1.29, 1.82) is 0 Å². The lowest BCUT2D eigenvalue weighted by Crippen LogP contribution is -2.27.